The molecule has 0 atom stereocenters. The Bertz CT molecular complexity index is 1280. The number of amides is 2. The maximum atomic E-state index is 12.7. The van der Waals surface area contributed by atoms with E-state index in [1.165, 1.54) is 18.7 Å². The molecule has 2 heterocycles. The number of rotatable bonds is 8. The fourth-order valence-corrected chi connectivity index (χ4v) is 3.65. The monoisotopic (exact) mass is 453 g/mol. The molecule has 0 aliphatic heterocycles. The van der Waals surface area contributed by atoms with Crippen molar-refractivity contribution in [3.05, 3.63) is 103 Å². The average Bonchev–Trinajstić information content (AvgIpc) is 3.45. The van der Waals surface area contributed by atoms with Gasteiger partial charge in [-0.1, -0.05) is 24.3 Å². The van der Waals surface area contributed by atoms with Gasteiger partial charge in [-0.05, 0) is 54.8 Å². The van der Waals surface area contributed by atoms with Crippen molar-refractivity contribution in [1.29, 1.82) is 0 Å². The molecule has 1 fully saturated rings. The lowest BCUT2D eigenvalue weighted by Gasteiger charge is -2.17. The van der Waals surface area contributed by atoms with Gasteiger partial charge in [0.05, 0.1) is 11.3 Å². The Morgan fingerprint density at radius 2 is 1.65 bits per heavy atom. The number of nitrogens with zero attached hydrogens (tertiary/aromatic N) is 3. The van der Waals surface area contributed by atoms with Crippen molar-refractivity contribution >= 4 is 11.8 Å². The second-order valence-corrected chi connectivity index (χ2v) is 8.15. The van der Waals surface area contributed by atoms with Gasteiger partial charge in [-0.15, -0.1) is 0 Å². The Kier molecular flexibility index (Phi) is 5.78. The summed E-state index contributed by atoms with van der Waals surface area (Å²) in [6, 6.07) is 19.3. The van der Waals surface area contributed by atoms with Crippen LogP contribution in [0.1, 0.15) is 28.8 Å². The highest BCUT2D eigenvalue weighted by Crippen LogP contribution is 2.36. The van der Waals surface area contributed by atoms with Gasteiger partial charge in [-0.2, -0.15) is 0 Å². The van der Waals surface area contributed by atoms with Crippen LogP contribution in [0.3, 0.4) is 0 Å². The maximum Gasteiger partial charge on any atom is 0.255 e. The van der Waals surface area contributed by atoms with Crippen LogP contribution in [0.25, 0.3) is 5.69 Å². The molecule has 2 N–H and O–H groups in total. The van der Waals surface area contributed by atoms with Gasteiger partial charge in [-0.3, -0.25) is 9.59 Å². The van der Waals surface area contributed by atoms with Gasteiger partial charge >= 0.3 is 0 Å². The highest BCUT2D eigenvalue weighted by atomic mass is 16.5. The predicted octanol–water partition coefficient (Wildman–Crippen LogP) is 3.64. The number of carbonyl (C=O) groups excluding carboxylic acids is 2. The van der Waals surface area contributed by atoms with Gasteiger partial charge in [0, 0.05) is 31.3 Å². The summed E-state index contributed by atoms with van der Waals surface area (Å²) < 4.78 is 8.09. The molecule has 1 aliphatic carbocycles. The zero-order valence-corrected chi connectivity index (χ0v) is 18.3. The van der Waals surface area contributed by atoms with Crippen LogP contribution in [0.15, 0.2) is 91.8 Å². The van der Waals surface area contributed by atoms with Gasteiger partial charge in [0.1, 0.15) is 17.6 Å². The van der Waals surface area contributed by atoms with E-state index < -0.39 is 5.54 Å². The van der Waals surface area contributed by atoms with Gasteiger partial charge in [-0.25, -0.2) is 9.97 Å². The van der Waals surface area contributed by atoms with Crippen molar-refractivity contribution in [1.82, 2.24) is 25.2 Å². The van der Waals surface area contributed by atoms with Gasteiger partial charge in [0.2, 0.25) is 5.91 Å². The quantitative estimate of drug-likeness (QED) is 0.425. The highest BCUT2D eigenvalue weighted by molar-refractivity contribution is 6.00. The fraction of sp³-hybridized carbons (Fsp3) is 0.154. The van der Waals surface area contributed by atoms with E-state index in [4.69, 9.17) is 4.74 Å². The first-order valence-corrected chi connectivity index (χ1v) is 11.0. The van der Waals surface area contributed by atoms with E-state index in [1.807, 2.05) is 77.6 Å². The van der Waals surface area contributed by atoms with Crippen LogP contribution >= 0.6 is 0 Å². The molecule has 1 aliphatic rings. The summed E-state index contributed by atoms with van der Waals surface area (Å²) in [5, 5.41) is 5.75. The number of carbonyl (C=O) groups is 2. The average molecular weight is 454 g/mol. The summed E-state index contributed by atoms with van der Waals surface area (Å²) in [6.45, 7) is 0.352. The maximum absolute atomic E-state index is 12.7. The van der Waals surface area contributed by atoms with E-state index in [2.05, 4.69) is 20.6 Å². The minimum absolute atomic E-state index is 0.196. The van der Waals surface area contributed by atoms with Gasteiger partial charge < -0.3 is 19.9 Å². The summed E-state index contributed by atoms with van der Waals surface area (Å²) >= 11 is 0. The molecule has 2 aromatic heterocycles. The van der Waals surface area contributed by atoms with Crippen LogP contribution in [0, 0.1) is 0 Å². The Balaban J connectivity index is 1.18. The van der Waals surface area contributed by atoms with Crippen LogP contribution in [-0.2, 0) is 11.3 Å². The minimum Gasteiger partial charge on any atom is -0.455 e. The van der Waals surface area contributed by atoms with Crippen LogP contribution < -0.4 is 15.4 Å². The third-order valence-electron chi connectivity index (χ3n) is 5.71. The second kappa shape index (κ2) is 9.19. The lowest BCUT2D eigenvalue weighted by Crippen LogP contribution is -2.48. The van der Waals surface area contributed by atoms with Crippen molar-refractivity contribution in [3.63, 3.8) is 0 Å². The largest absolute Gasteiger partial charge is 0.455 e. The number of ether oxygens (including phenoxy) is 1. The molecule has 0 saturated heterocycles. The summed E-state index contributed by atoms with van der Waals surface area (Å²) in [5.74, 6) is 0.897. The molecule has 8 heteroatoms. The van der Waals surface area contributed by atoms with E-state index in [1.54, 1.807) is 0 Å². The summed E-state index contributed by atoms with van der Waals surface area (Å²) in [5.41, 5.74) is 1.34. The fourth-order valence-electron chi connectivity index (χ4n) is 3.65. The molecule has 2 amide bonds. The van der Waals surface area contributed by atoms with E-state index >= 15 is 0 Å². The van der Waals surface area contributed by atoms with E-state index in [9.17, 15) is 9.59 Å². The number of hydrogen-bond acceptors (Lipinski definition) is 5. The van der Waals surface area contributed by atoms with Gasteiger partial charge in [0.25, 0.3) is 5.91 Å². The first-order chi connectivity index (χ1) is 16.6. The third-order valence-corrected chi connectivity index (χ3v) is 5.71. The summed E-state index contributed by atoms with van der Waals surface area (Å²) in [6.07, 6.45) is 9.35. The van der Waals surface area contributed by atoms with Crippen molar-refractivity contribution in [2.24, 2.45) is 0 Å². The van der Waals surface area contributed by atoms with Crippen molar-refractivity contribution in [3.8, 4) is 17.2 Å². The molecule has 0 radical (unpaired) electrons. The summed E-state index contributed by atoms with van der Waals surface area (Å²) in [7, 11) is 0. The number of nitrogens with one attached hydrogen (secondary N) is 2. The van der Waals surface area contributed by atoms with E-state index in [0.717, 1.165) is 17.0 Å². The van der Waals surface area contributed by atoms with Crippen LogP contribution in [0.4, 0.5) is 0 Å². The Hall–Kier alpha value is -4.46. The Labute approximate surface area is 196 Å². The topological polar surface area (TPSA) is 98.1 Å². The first-order valence-electron chi connectivity index (χ1n) is 11.0. The number of aromatic nitrogens is 3. The molecule has 34 heavy (non-hydrogen) atoms. The van der Waals surface area contributed by atoms with Crippen molar-refractivity contribution < 1.29 is 14.3 Å². The number of benzene rings is 2. The summed E-state index contributed by atoms with van der Waals surface area (Å²) in [4.78, 5) is 32.8. The number of para-hydroxylation sites is 2. The van der Waals surface area contributed by atoms with Gasteiger partial charge in [0.15, 0.2) is 5.75 Å². The highest BCUT2D eigenvalue weighted by Gasteiger charge is 2.51. The molecule has 0 bridgehead atoms. The lowest BCUT2D eigenvalue weighted by molar-refractivity contribution is -0.124. The third kappa shape index (κ3) is 4.66. The minimum atomic E-state index is -0.863. The SMILES string of the molecule is O=C(NC1(C(=O)NCc2ccc(Oc3ccccc3-n3cccc3)cc2)CC1)c1cncnc1. The standard InChI is InChI=1S/C26H23N5O3/c32-24(20-16-27-18-28-17-20)30-26(11-12-26)25(33)29-15-19-7-9-21(10-8-19)34-23-6-2-1-5-22(23)31-13-3-4-14-31/h1-10,13-14,16-18H,11-12,15H2,(H,29,33)(H,30,32). The molecule has 1 saturated carbocycles. The van der Waals surface area contributed by atoms with Crippen LogP contribution in [0.5, 0.6) is 11.5 Å². The molecular formula is C26H23N5O3. The Morgan fingerprint density at radius 3 is 2.35 bits per heavy atom. The molecular weight excluding hydrogens is 430 g/mol. The normalized spacial score (nSPS) is 13.6. The first kappa shape index (κ1) is 21.4. The van der Waals surface area contributed by atoms with Crippen LogP contribution in [-0.4, -0.2) is 31.9 Å². The smallest absolute Gasteiger partial charge is 0.255 e. The predicted molar refractivity (Wildman–Crippen MR) is 126 cm³/mol. The molecule has 170 valence electrons. The van der Waals surface area contributed by atoms with E-state index in [0.29, 0.717) is 30.7 Å². The molecule has 2 aromatic carbocycles. The Morgan fingerprint density at radius 1 is 0.941 bits per heavy atom. The molecule has 5 rings (SSSR count). The van der Waals surface area contributed by atoms with Crippen molar-refractivity contribution in [2.45, 2.75) is 24.9 Å². The van der Waals surface area contributed by atoms with E-state index in [-0.39, 0.29) is 11.8 Å². The molecule has 0 unspecified atom stereocenters. The van der Waals surface area contributed by atoms with Crippen molar-refractivity contribution in [2.75, 3.05) is 0 Å². The molecule has 4 aromatic rings. The number of hydrogen-bond donors (Lipinski definition) is 2. The zero-order chi connectivity index (χ0) is 23.4. The molecule has 8 nitrogen and oxygen atoms in total. The van der Waals surface area contributed by atoms with Crippen LogP contribution in [0.2, 0.25) is 0 Å². The lowest BCUT2D eigenvalue weighted by atomic mass is 10.2. The molecule has 0 spiro atoms. The zero-order valence-electron chi connectivity index (χ0n) is 18.3. The second-order valence-electron chi connectivity index (χ2n) is 8.15.